The van der Waals surface area contributed by atoms with Crippen LogP contribution in [0.4, 0.5) is 0 Å². The molecule has 0 atom stereocenters. The maximum Gasteiger partial charge on any atom is 0.257 e. The van der Waals surface area contributed by atoms with Gasteiger partial charge in [-0.15, -0.1) is 0 Å². The van der Waals surface area contributed by atoms with E-state index in [1.807, 2.05) is 40.3 Å². The first-order valence-electron chi connectivity index (χ1n) is 10.1. The second kappa shape index (κ2) is 8.19. The molecule has 152 valence electrons. The Kier molecular flexibility index (Phi) is 5.47. The molecule has 2 amide bonds. The fraction of sp³-hybridized carbons (Fsp3) is 0.455. The van der Waals surface area contributed by atoms with Gasteiger partial charge in [-0.2, -0.15) is 0 Å². The number of hydrogen-bond acceptors (Lipinski definition) is 5. The van der Waals surface area contributed by atoms with Gasteiger partial charge in [-0.25, -0.2) is 9.97 Å². The molecular formula is C22H26N4O3. The van der Waals surface area contributed by atoms with Crippen LogP contribution in [0.1, 0.15) is 53.1 Å². The van der Waals surface area contributed by atoms with Crippen molar-refractivity contribution in [1.29, 1.82) is 0 Å². The summed E-state index contributed by atoms with van der Waals surface area (Å²) in [4.78, 5) is 37.6. The monoisotopic (exact) mass is 394 g/mol. The quantitative estimate of drug-likeness (QED) is 0.799. The van der Waals surface area contributed by atoms with E-state index in [0.29, 0.717) is 37.5 Å². The Hall–Kier alpha value is -2.96. The van der Waals surface area contributed by atoms with Crippen LogP contribution in [0.3, 0.4) is 0 Å². The number of piperidine rings is 1. The Balaban J connectivity index is 1.41. The number of benzene rings is 1. The van der Waals surface area contributed by atoms with Crippen LogP contribution in [-0.2, 0) is 17.8 Å². The van der Waals surface area contributed by atoms with E-state index < -0.39 is 0 Å². The third-order valence-corrected chi connectivity index (χ3v) is 5.88. The lowest BCUT2D eigenvalue weighted by molar-refractivity contribution is -0.129. The van der Waals surface area contributed by atoms with Crippen molar-refractivity contribution in [3.05, 3.63) is 53.1 Å². The highest BCUT2D eigenvalue weighted by molar-refractivity contribution is 5.97. The molecule has 0 radical (unpaired) electrons. The summed E-state index contributed by atoms with van der Waals surface area (Å²) < 4.78 is 5.33. The van der Waals surface area contributed by atoms with Crippen molar-refractivity contribution in [2.45, 2.75) is 38.6 Å². The van der Waals surface area contributed by atoms with Crippen molar-refractivity contribution in [3.8, 4) is 5.75 Å². The number of likely N-dealkylation sites (tertiary alicyclic amines) is 1. The molecule has 29 heavy (non-hydrogen) atoms. The van der Waals surface area contributed by atoms with Gasteiger partial charge in [0, 0.05) is 57.2 Å². The van der Waals surface area contributed by atoms with E-state index in [-0.39, 0.29) is 17.7 Å². The number of fused-ring (bicyclic) bond motifs is 1. The highest BCUT2D eigenvalue weighted by Crippen LogP contribution is 2.29. The summed E-state index contributed by atoms with van der Waals surface area (Å²) in [6, 6.07) is 7.35. The van der Waals surface area contributed by atoms with Gasteiger partial charge in [-0.3, -0.25) is 9.59 Å². The molecule has 1 aromatic carbocycles. The van der Waals surface area contributed by atoms with Crippen LogP contribution in [0.5, 0.6) is 5.75 Å². The summed E-state index contributed by atoms with van der Waals surface area (Å²) in [7, 11) is 1.58. The van der Waals surface area contributed by atoms with Gasteiger partial charge in [0.1, 0.15) is 11.6 Å². The average Bonchev–Trinajstić information content (AvgIpc) is 2.78. The minimum Gasteiger partial charge on any atom is -0.496 e. The van der Waals surface area contributed by atoms with Crippen LogP contribution in [0.2, 0.25) is 0 Å². The first-order valence-corrected chi connectivity index (χ1v) is 10.1. The fourth-order valence-corrected chi connectivity index (χ4v) is 4.13. The molecule has 3 heterocycles. The molecule has 1 fully saturated rings. The van der Waals surface area contributed by atoms with Crippen molar-refractivity contribution in [2.24, 2.45) is 0 Å². The topological polar surface area (TPSA) is 75.6 Å². The molecule has 2 aliphatic heterocycles. The third-order valence-electron chi connectivity index (χ3n) is 5.88. The maximum absolute atomic E-state index is 12.9. The van der Waals surface area contributed by atoms with Crippen LogP contribution >= 0.6 is 0 Å². The van der Waals surface area contributed by atoms with Crippen LogP contribution in [0, 0.1) is 0 Å². The second-order valence-electron chi connectivity index (χ2n) is 7.66. The number of ether oxygens (including phenoxy) is 1. The number of rotatable bonds is 3. The number of carbonyl (C=O) groups is 2. The number of aromatic nitrogens is 2. The first-order chi connectivity index (χ1) is 14.1. The maximum atomic E-state index is 12.9. The smallest absolute Gasteiger partial charge is 0.257 e. The number of nitrogens with zero attached hydrogens (tertiary/aromatic N) is 4. The van der Waals surface area contributed by atoms with Crippen molar-refractivity contribution >= 4 is 11.8 Å². The van der Waals surface area contributed by atoms with E-state index in [2.05, 4.69) is 4.98 Å². The Morgan fingerprint density at radius 2 is 1.86 bits per heavy atom. The van der Waals surface area contributed by atoms with Gasteiger partial charge in [-0.05, 0) is 25.0 Å². The van der Waals surface area contributed by atoms with Crippen LogP contribution < -0.4 is 4.74 Å². The van der Waals surface area contributed by atoms with Gasteiger partial charge < -0.3 is 14.5 Å². The van der Waals surface area contributed by atoms with Crippen LogP contribution in [0.25, 0.3) is 0 Å². The molecule has 0 aliphatic carbocycles. The summed E-state index contributed by atoms with van der Waals surface area (Å²) in [6.07, 6.45) is 4.34. The van der Waals surface area contributed by atoms with Gasteiger partial charge in [0.05, 0.1) is 18.4 Å². The summed E-state index contributed by atoms with van der Waals surface area (Å²) in [6.45, 7) is 4.27. The molecule has 7 nitrogen and oxygen atoms in total. The van der Waals surface area contributed by atoms with E-state index >= 15 is 0 Å². The Morgan fingerprint density at radius 3 is 2.59 bits per heavy atom. The minimum absolute atomic E-state index is 0.0107. The number of hydrogen-bond donors (Lipinski definition) is 0. The molecule has 0 unspecified atom stereocenters. The Bertz CT molecular complexity index is 922. The van der Waals surface area contributed by atoms with Gasteiger partial charge >= 0.3 is 0 Å². The molecule has 1 aromatic heterocycles. The van der Waals surface area contributed by atoms with E-state index in [4.69, 9.17) is 9.72 Å². The summed E-state index contributed by atoms with van der Waals surface area (Å²) in [5, 5.41) is 0. The zero-order chi connectivity index (χ0) is 20.4. The molecule has 0 N–H and O–H groups in total. The Morgan fingerprint density at radius 1 is 1.10 bits per heavy atom. The van der Waals surface area contributed by atoms with Gasteiger partial charge in [-0.1, -0.05) is 12.1 Å². The highest BCUT2D eigenvalue weighted by atomic mass is 16.5. The normalized spacial score (nSPS) is 17.0. The van der Waals surface area contributed by atoms with Crippen LogP contribution in [0.15, 0.2) is 30.5 Å². The summed E-state index contributed by atoms with van der Waals surface area (Å²) in [5.41, 5.74) is 2.70. The predicted molar refractivity (Wildman–Crippen MR) is 108 cm³/mol. The lowest BCUT2D eigenvalue weighted by atomic mass is 9.94. The molecule has 2 aromatic rings. The average molecular weight is 394 g/mol. The lowest BCUT2D eigenvalue weighted by Crippen LogP contribution is -2.38. The van der Waals surface area contributed by atoms with E-state index in [9.17, 15) is 9.59 Å². The Labute approximate surface area is 170 Å². The predicted octanol–water partition coefficient (Wildman–Crippen LogP) is 2.41. The second-order valence-corrected chi connectivity index (χ2v) is 7.66. The minimum atomic E-state index is 0.0107. The zero-order valence-corrected chi connectivity index (χ0v) is 16.9. The molecule has 1 saturated heterocycles. The number of para-hydroxylation sites is 1. The van der Waals surface area contributed by atoms with Gasteiger partial charge in [0.15, 0.2) is 0 Å². The molecular weight excluding hydrogens is 368 g/mol. The summed E-state index contributed by atoms with van der Waals surface area (Å²) >= 11 is 0. The standard InChI is InChI=1S/C22H26N4O3/c1-15(27)26-12-9-19-17(14-26)13-23-21(24-19)16-7-10-25(11-8-16)22(28)18-5-3-4-6-20(18)29-2/h3-6,13,16H,7-12,14H2,1-2H3. The number of carbonyl (C=O) groups excluding carboxylic acids is 2. The summed E-state index contributed by atoms with van der Waals surface area (Å²) in [5.74, 6) is 1.83. The van der Waals surface area contributed by atoms with E-state index in [1.165, 1.54) is 0 Å². The number of methoxy groups -OCH3 is 1. The molecule has 0 saturated carbocycles. The van der Waals surface area contributed by atoms with E-state index in [1.54, 1.807) is 14.0 Å². The highest BCUT2D eigenvalue weighted by Gasteiger charge is 2.28. The molecule has 7 heteroatoms. The van der Waals surface area contributed by atoms with Gasteiger partial charge in [0.2, 0.25) is 5.91 Å². The fourth-order valence-electron chi connectivity index (χ4n) is 4.13. The first kappa shape index (κ1) is 19.4. The zero-order valence-electron chi connectivity index (χ0n) is 16.9. The SMILES string of the molecule is COc1ccccc1C(=O)N1CCC(c2ncc3c(n2)CCN(C(C)=O)C3)CC1. The van der Waals surface area contributed by atoms with E-state index in [0.717, 1.165) is 36.3 Å². The lowest BCUT2D eigenvalue weighted by Gasteiger charge is -2.32. The van der Waals surface area contributed by atoms with Crippen molar-refractivity contribution < 1.29 is 14.3 Å². The van der Waals surface area contributed by atoms with Crippen molar-refractivity contribution in [2.75, 3.05) is 26.7 Å². The van der Waals surface area contributed by atoms with Gasteiger partial charge in [0.25, 0.3) is 5.91 Å². The molecule has 4 rings (SSSR count). The van der Waals surface area contributed by atoms with Crippen LogP contribution in [-0.4, -0.2) is 58.3 Å². The molecule has 0 bridgehead atoms. The van der Waals surface area contributed by atoms with Crippen molar-refractivity contribution in [1.82, 2.24) is 19.8 Å². The van der Waals surface area contributed by atoms with Crippen molar-refractivity contribution in [3.63, 3.8) is 0 Å². The number of amides is 2. The largest absolute Gasteiger partial charge is 0.496 e. The third kappa shape index (κ3) is 3.95. The molecule has 2 aliphatic rings. The molecule has 0 spiro atoms.